The monoisotopic (exact) mass is 312 g/mol. The van der Waals surface area contributed by atoms with E-state index in [0.29, 0.717) is 5.69 Å². The van der Waals surface area contributed by atoms with Gasteiger partial charge in [0.1, 0.15) is 10.9 Å². The molecule has 1 aliphatic rings. The zero-order valence-electron chi connectivity index (χ0n) is 12.1. The molecule has 1 unspecified atom stereocenters. The number of carbonyl (C=O) groups excluding carboxylic acids is 1. The Bertz CT molecular complexity index is 611. The molecule has 2 N–H and O–H groups in total. The number of anilines is 1. The van der Waals surface area contributed by atoms with Crippen LogP contribution in [-0.2, 0) is 19.6 Å². The van der Waals surface area contributed by atoms with Crippen LogP contribution in [0.15, 0.2) is 29.2 Å². The van der Waals surface area contributed by atoms with Crippen molar-refractivity contribution in [2.24, 2.45) is 0 Å². The molecule has 2 rings (SSSR count). The van der Waals surface area contributed by atoms with Crippen LogP contribution in [0.2, 0.25) is 0 Å². The molecule has 21 heavy (non-hydrogen) atoms. The van der Waals surface area contributed by atoms with Crippen molar-refractivity contribution >= 4 is 21.7 Å². The van der Waals surface area contributed by atoms with E-state index in [1.165, 1.54) is 6.07 Å². The average Bonchev–Trinajstić information content (AvgIpc) is 3.22. The van der Waals surface area contributed by atoms with E-state index in [4.69, 9.17) is 4.74 Å². The summed E-state index contributed by atoms with van der Waals surface area (Å²) in [6, 6.07) is 5.94. The Morgan fingerprint density at radius 3 is 2.67 bits per heavy atom. The normalized spacial score (nSPS) is 16.3. The van der Waals surface area contributed by atoms with Crippen LogP contribution in [0.3, 0.4) is 0 Å². The second-order valence-electron chi connectivity index (χ2n) is 5.01. The number of esters is 1. The van der Waals surface area contributed by atoms with Crippen LogP contribution in [0.25, 0.3) is 0 Å². The maximum atomic E-state index is 12.3. The molecule has 0 heterocycles. The van der Waals surface area contributed by atoms with Gasteiger partial charge >= 0.3 is 5.97 Å². The van der Waals surface area contributed by atoms with Gasteiger partial charge in [-0.3, -0.25) is 0 Å². The molecule has 1 aromatic carbocycles. The summed E-state index contributed by atoms with van der Waals surface area (Å²) in [4.78, 5) is 11.8. The highest BCUT2D eigenvalue weighted by atomic mass is 32.2. The fraction of sp³-hybridized carbons (Fsp3) is 0.500. The first-order valence-corrected chi connectivity index (χ1v) is 8.47. The van der Waals surface area contributed by atoms with Crippen molar-refractivity contribution in [1.82, 2.24) is 4.72 Å². The Balaban J connectivity index is 2.18. The lowest BCUT2D eigenvalue weighted by Crippen LogP contribution is -2.31. The van der Waals surface area contributed by atoms with Gasteiger partial charge in [-0.15, -0.1) is 0 Å². The largest absolute Gasteiger partial charge is 0.464 e. The van der Waals surface area contributed by atoms with Crippen molar-refractivity contribution in [2.45, 2.75) is 43.7 Å². The zero-order valence-corrected chi connectivity index (χ0v) is 12.9. The van der Waals surface area contributed by atoms with Crippen molar-refractivity contribution < 1.29 is 17.9 Å². The van der Waals surface area contributed by atoms with Gasteiger partial charge in [-0.2, -0.15) is 0 Å². The van der Waals surface area contributed by atoms with Gasteiger partial charge in [0.05, 0.1) is 12.3 Å². The van der Waals surface area contributed by atoms with Crippen LogP contribution in [0.1, 0.15) is 26.7 Å². The Hall–Kier alpha value is -1.60. The van der Waals surface area contributed by atoms with Gasteiger partial charge in [-0.05, 0) is 38.8 Å². The summed E-state index contributed by atoms with van der Waals surface area (Å²) in [5.41, 5.74) is 0.395. The topological polar surface area (TPSA) is 84.5 Å². The van der Waals surface area contributed by atoms with Crippen molar-refractivity contribution in [3.05, 3.63) is 24.3 Å². The Morgan fingerprint density at radius 2 is 2.05 bits per heavy atom. The van der Waals surface area contributed by atoms with Gasteiger partial charge in [-0.25, -0.2) is 17.9 Å². The van der Waals surface area contributed by atoms with E-state index >= 15 is 0 Å². The molecular formula is C14H20N2O4S. The quantitative estimate of drug-likeness (QED) is 0.745. The summed E-state index contributed by atoms with van der Waals surface area (Å²) in [5.74, 6) is -0.417. The van der Waals surface area contributed by atoms with E-state index in [-0.39, 0.29) is 17.5 Å². The predicted molar refractivity (Wildman–Crippen MR) is 79.5 cm³/mol. The van der Waals surface area contributed by atoms with Gasteiger partial charge in [0.15, 0.2) is 0 Å². The van der Waals surface area contributed by atoms with Crippen molar-refractivity contribution in [1.29, 1.82) is 0 Å². The van der Waals surface area contributed by atoms with E-state index in [2.05, 4.69) is 10.0 Å². The van der Waals surface area contributed by atoms with Crippen LogP contribution in [0.4, 0.5) is 5.69 Å². The van der Waals surface area contributed by atoms with Gasteiger partial charge in [0, 0.05) is 6.04 Å². The van der Waals surface area contributed by atoms with Crippen molar-refractivity contribution in [3.8, 4) is 0 Å². The van der Waals surface area contributed by atoms with E-state index < -0.39 is 22.0 Å². The third-order valence-electron chi connectivity index (χ3n) is 3.09. The standard InChI is InChI=1S/C14H20N2O4S/c1-3-20-14(17)10(2)15-12-6-4-5-7-13(12)21(18,19)16-11-8-9-11/h4-7,10-11,15-16H,3,8-9H2,1-2H3. The van der Waals surface area contributed by atoms with Crippen molar-refractivity contribution in [2.75, 3.05) is 11.9 Å². The molecule has 0 saturated heterocycles. The van der Waals surface area contributed by atoms with E-state index in [1.807, 2.05) is 0 Å². The minimum absolute atomic E-state index is 0.0329. The smallest absolute Gasteiger partial charge is 0.328 e. The lowest BCUT2D eigenvalue weighted by molar-refractivity contribution is -0.143. The first kappa shape index (κ1) is 15.8. The Morgan fingerprint density at radius 1 is 1.38 bits per heavy atom. The van der Waals surface area contributed by atoms with Crippen LogP contribution >= 0.6 is 0 Å². The highest BCUT2D eigenvalue weighted by molar-refractivity contribution is 7.89. The second kappa shape index (κ2) is 6.44. The highest BCUT2D eigenvalue weighted by Crippen LogP contribution is 2.26. The van der Waals surface area contributed by atoms with E-state index in [0.717, 1.165) is 12.8 Å². The van der Waals surface area contributed by atoms with Crippen LogP contribution in [0, 0.1) is 0 Å². The molecule has 1 atom stereocenters. The fourth-order valence-corrected chi connectivity index (χ4v) is 3.34. The molecule has 0 amide bonds. The minimum atomic E-state index is -3.58. The van der Waals surface area contributed by atoms with Gasteiger partial charge in [0.2, 0.25) is 10.0 Å². The first-order valence-electron chi connectivity index (χ1n) is 6.98. The van der Waals surface area contributed by atoms with Gasteiger partial charge in [0.25, 0.3) is 0 Å². The molecular weight excluding hydrogens is 292 g/mol. The number of hydrogen-bond donors (Lipinski definition) is 2. The number of ether oxygens (including phenoxy) is 1. The SMILES string of the molecule is CCOC(=O)C(C)Nc1ccccc1S(=O)(=O)NC1CC1. The molecule has 0 spiro atoms. The maximum absolute atomic E-state index is 12.3. The predicted octanol–water partition coefficient (Wildman–Crippen LogP) is 1.49. The molecule has 0 aromatic heterocycles. The molecule has 1 fully saturated rings. The van der Waals surface area contributed by atoms with Crippen LogP contribution in [0.5, 0.6) is 0 Å². The maximum Gasteiger partial charge on any atom is 0.328 e. The van der Waals surface area contributed by atoms with Crippen molar-refractivity contribution in [3.63, 3.8) is 0 Å². The molecule has 1 aromatic rings. The summed E-state index contributed by atoms with van der Waals surface area (Å²) in [7, 11) is -3.58. The van der Waals surface area contributed by atoms with Crippen LogP contribution < -0.4 is 10.0 Å². The van der Waals surface area contributed by atoms with E-state index in [9.17, 15) is 13.2 Å². The lowest BCUT2D eigenvalue weighted by Gasteiger charge is -2.17. The molecule has 0 bridgehead atoms. The second-order valence-corrected chi connectivity index (χ2v) is 6.69. The van der Waals surface area contributed by atoms with Crippen LogP contribution in [-0.4, -0.2) is 33.1 Å². The van der Waals surface area contributed by atoms with Gasteiger partial charge in [-0.1, -0.05) is 12.1 Å². The number of hydrogen-bond acceptors (Lipinski definition) is 5. The number of benzene rings is 1. The molecule has 7 heteroatoms. The molecule has 0 aliphatic heterocycles. The highest BCUT2D eigenvalue weighted by Gasteiger charge is 2.29. The summed E-state index contributed by atoms with van der Waals surface area (Å²) >= 11 is 0. The summed E-state index contributed by atoms with van der Waals surface area (Å²) in [6.45, 7) is 3.65. The average molecular weight is 312 g/mol. The summed E-state index contributed by atoms with van der Waals surface area (Å²) in [5, 5.41) is 2.90. The first-order chi connectivity index (χ1) is 9.94. The molecule has 0 radical (unpaired) electrons. The third kappa shape index (κ3) is 4.18. The minimum Gasteiger partial charge on any atom is -0.464 e. The number of carbonyl (C=O) groups is 1. The Labute approximate surface area is 124 Å². The summed E-state index contributed by atoms with van der Waals surface area (Å²) < 4.78 is 32.2. The number of rotatable bonds is 7. The summed E-state index contributed by atoms with van der Waals surface area (Å²) in [6.07, 6.45) is 1.74. The molecule has 6 nitrogen and oxygen atoms in total. The molecule has 1 saturated carbocycles. The number of para-hydroxylation sites is 1. The third-order valence-corrected chi connectivity index (χ3v) is 4.67. The Kier molecular flexibility index (Phi) is 4.84. The molecule has 116 valence electrons. The number of sulfonamides is 1. The number of nitrogens with one attached hydrogen (secondary N) is 2. The lowest BCUT2D eigenvalue weighted by atomic mass is 10.2. The van der Waals surface area contributed by atoms with E-state index in [1.54, 1.807) is 32.0 Å². The van der Waals surface area contributed by atoms with Gasteiger partial charge < -0.3 is 10.1 Å². The molecule has 1 aliphatic carbocycles. The fourth-order valence-electron chi connectivity index (χ4n) is 1.86. The zero-order chi connectivity index (χ0) is 15.5.